The molecule has 0 spiro atoms. The number of halogens is 4. The normalized spacial score (nSPS) is 12.4. The Bertz CT molecular complexity index is 466. The zero-order valence-corrected chi connectivity index (χ0v) is 11.4. The summed E-state index contributed by atoms with van der Waals surface area (Å²) in [4.78, 5) is 10.7. The van der Waals surface area contributed by atoms with E-state index in [1.54, 1.807) is 0 Å². The fourth-order valence-electron chi connectivity index (χ4n) is 1.49. The van der Waals surface area contributed by atoms with Gasteiger partial charge in [0.15, 0.2) is 11.5 Å². The maximum atomic E-state index is 12.1. The van der Waals surface area contributed by atoms with Crippen molar-refractivity contribution in [2.75, 3.05) is 0 Å². The number of hydrogen-bond acceptors (Lipinski definition) is 4. The van der Waals surface area contributed by atoms with Gasteiger partial charge < -0.3 is 15.6 Å². The molecule has 0 radical (unpaired) electrons. The fourth-order valence-corrected chi connectivity index (χ4v) is 1.49. The van der Waals surface area contributed by atoms with Crippen molar-refractivity contribution in [3.05, 3.63) is 23.8 Å². The summed E-state index contributed by atoms with van der Waals surface area (Å²) in [6.07, 6.45) is -5.55. The molecule has 1 rings (SSSR count). The molecule has 20 heavy (non-hydrogen) atoms. The monoisotopic (exact) mass is 313 g/mol. The molecule has 0 aliphatic carbocycles. The van der Waals surface area contributed by atoms with Gasteiger partial charge in [0, 0.05) is 19.4 Å². The standard InChI is InChI=1S/C12H14F3NO3.ClH/c1-7(17)19-11-3-2-8(6-10(11)18)9(16)4-5-12(13,14)15;/h2-3,6,9,18H,4-5,16H2,1H3;1H/t9-;/m1./s1. The van der Waals surface area contributed by atoms with Crippen molar-refractivity contribution in [2.45, 2.75) is 32.0 Å². The Morgan fingerprint density at radius 2 is 2.05 bits per heavy atom. The lowest BCUT2D eigenvalue weighted by Crippen LogP contribution is -2.15. The van der Waals surface area contributed by atoms with Crippen molar-refractivity contribution in [1.82, 2.24) is 0 Å². The van der Waals surface area contributed by atoms with Gasteiger partial charge in [-0.3, -0.25) is 4.79 Å². The van der Waals surface area contributed by atoms with E-state index in [2.05, 4.69) is 4.74 Å². The number of carbonyl (C=O) groups is 1. The summed E-state index contributed by atoms with van der Waals surface area (Å²) >= 11 is 0. The number of rotatable bonds is 4. The third kappa shape index (κ3) is 6.12. The van der Waals surface area contributed by atoms with E-state index in [0.717, 1.165) is 0 Å². The number of ether oxygens (including phenoxy) is 1. The van der Waals surface area contributed by atoms with Crippen LogP contribution in [0.4, 0.5) is 13.2 Å². The second kappa shape index (κ2) is 7.35. The summed E-state index contributed by atoms with van der Waals surface area (Å²) in [6.45, 7) is 1.17. The first-order chi connectivity index (χ1) is 8.69. The second-order valence-corrected chi connectivity index (χ2v) is 4.08. The van der Waals surface area contributed by atoms with Crippen LogP contribution in [0.3, 0.4) is 0 Å². The van der Waals surface area contributed by atoms with Crippen LogP contribution in [-0.4, -0.2) is 17.3 Å². The van der Waals surface area contributed by atoms with Gasteiger partial charge in [0.1, 0.15) is 0 Å². The topological polar surface area (TPSA) is 72.5 Å². The van der Waals surface area contributed by atoms with E-state index in [0.29, 0.717) is 5.56 Å². The Morgan fingerprint density at radius 3 is 2.50 bits per heavy atom. The van der Waals surface area contributed by atoms with Crippen LogP contribution in [-0.2, 0) is 4.79 Å². The van der Waals surface area contributed by atoms with Crippen LogP contribution >= 0.6 is 12.4 Å². The van der Waals surface area contributed by atoms with Gasteiger partial charge in [0.05, 0.1) is 0 Å². The Balaban J connectivity index is 0.00000361. The molecule has 1 aromatic carbocycles. The Labute approximate surface area is 120 Å². The molecular weight excluding hydrogens is 299 g/mol. The maximum absolute atomic E-state index is 12.1. The second-order valence-electron chi connectivity index (χ2n) is 4.08. The SMILES string of the molecule is CC(=O)Oc1ccc([C@H](N)CCC(F)(F)F)cc1O.Cl. The molecule has 0 aromatic heterocycles. The van der Waals surface area contributed by atoms with Gasteiger partial charge in [-0.2, -0.15) is 13.2 Å². The van der Waals surface area contributed by atoms with Crippen LogP contribution in [0.2, 0.25) is 0 Å². The molecule has 8 heteroatoms. The summed E-state index contributed by atoms with van der Waals surface area (Å²) in [7, 11) is 0. The Hall–Kier alpha value is -1.47. The number of hydrogen-bond donors (Lipinski definition) is 2. The van der Waals surface area contributed by atoms with E-state index >= 15 is 0 Å². The number of carbonyl (C=O) groups excluding carboxylic acids is 1. The highest BCUT2D eigenvalue weighted by Gasteiger charge is 2.28. The van der Waals surface area contributed by atoms with Crippen molar-refractivity contribution < 1.29 is 27.8 Å². The van der Waals surface area contributed by atoms with Crippen LogP contribution in [0.5, 0.6) is 11.5 Å². The number of esters is 1. The van der Waals surface area contributed by atoms with E-state index in [1.807, 2.05) is 0 Å². The molecule has 4 nitrogen and oxygen atoms in total. The van der Waals surface area contributed by atoms with Crippen molar-refractivity contribution in [2.24, 2.45) is 5.73 Å². The highest BCUT2D eigenvalue weighted by molar-refractivity contribution is 5.85. The number of phenolic OH excluding ortho intramolecular Hbond substituents is 1. The average molecular weight is 314 g/mol. The molecule has 3 N–H and O–H groups in total. The summed E-state index contributed by atoms with van der Waals surface area (Å²) in [5.41, 5.74) is 5.95. The summed E-state index contributed by atoms with van der Waals surface area (Å²) < 4.78 is 40.9. The lowest BCUT2D eigenvalue weighted by molar-refractivity contribution is -0.136. The fraction of sp³-hybridized carbons (Fsp3) is 0.417. The molecule has 0 aliphatic rings. The predicted octanol–water partition coefficient (Wildman–Crippen LogP) is 3.08. The van der Waals surface area contributed by atoms with Crippen LogP contribution in [0.25, 0.3) is 0 Å². The first-order valence-corrected chi connectivity index (χ1v) is 5.52. The van der Waals surface area contributed by atoms with Gasteiger partial charge in [0.2, 0.25) is 0 Å². The summed E-state index contributed by atoms with van der Waals surface area (Å²) in [5, 5.41) is 9.56. The minimum atomic E-state index is -4.27. The predicted molar refractivity (Wildman–Crippen MR) is 68.9 cm³/mol. The molecule has 0 saturated heterocycles. The van der Waals surface area contributed by atoms with Gasteiger partial charge in [0.25, 0.3) is 0 Å². The molecule has 1 aromatic rings. The lowest BCUT2D eigenvalue weighted by atomic mass is 10.0. The van der Waals surface area contributed by atoms with Gasteiger partial charge in [-0.25, -0.2) is 0 Å². The molecule has 0 bridgehead atoms. The zero-order valence-electron chi connectivity index (χ0n) is 10.6. The van der Waals surface area contributed by atoms with Crippen LogP contribution in [0, 0.1) is 0 Å². The molecule has 0 unspecified atom stereocenters. The van der Waals surface area contributed by atoms with Crippen molar-refractivity contribution >= 4 is 18.4 Å². The summed E-state index contributed by atoms with van der Waals surface area (Å²) in [5.74, 6) is -1.00. The Morgan fingerprint density at radius 1 is 1.45 bits per heavy atom. The van der Waals surface area contributed by atoms with Crippen LogP contribution in [0.1, 0.15) is 31.4 Å². The number of aromatic hydroxyl groups is 1. The Kier molecular flexibility index (Phi) is 6.81. The largest absolute Gasteiger partial charge is 0.504 e. The van der Waals surface area contributed by atoms with E-state index in [-0.39, 0.29) is 30.3 Å². The molecule has 0 aliphatic heterocycles. The summed E-state index contributed by atoms with van der Waals surface area (Å²) in [6, 6.07) is 3.05. The van der Waals surface area contributed by atoms with Crippen molar-refractivity contribution in [3.8, 4) is 11.5 Å². The molecule has 0 fully saturated rings. The molecule has 0 saturated carbocycles. The number of alkyl halides is 3. The van der Waals surface area contributed by atoms with Gasteiger partial charge in [-0.1, -0.05) is 6.07 Å². The van der Waals surface area contributed by atoms with Crippen molar-refractivity contribution in [3.63, 3.8) is 0 Å². The van der Waals surface area contributed by atoms with Crippen LogP contribution in [0.15, 0.2) is 18.2 Å². The number of phenols is 1. The van der Waals surface area contributed by atoms with Gasteiger partial charge in [-0.15, -0.1) is 12.4 Å². The first-order valence-electron chi connectivity index (χ1n) is 5.52. The third-order valence-electron chi connectivity index (χ3n) is 2.40. The zero-order chi connectivity index (χ0) is 14.6. The third-order valence-corrected chi connectivity index (χ3v) is 2.40. The number of benzene rings is 1. The quantitative estimate of drug-likeness (QED) is 0.662. The molecule has 1 atom stereocenters. The molecule has 0 amide bonds. The lowest BCUT2D eigenvalue weighted by Gasteiger charge is -2.14. The molecule has 0 heterocycles. The highest BCUT2D eigenvalue weighted by atomic mass is 35.5. The first kappa shape index (κ1) is 18.5. The van der Waals surface area contributed by atoms with Crippen molar-refractivity contribution in [1.29, 1.82) is 0 Å². The smallest absolute Gasteiger partial charge is 0.389 e. The van der Waals surface area contributed by atoms with E-state index in [9.17, 15) is 23.1 Å². The van der Waals surface area contributed by atoms with E-state index in [1.165, 1.54) is 25.1 Å². The minimum absolute atomic E-state index is 0. The van der Waals surface area contributed by atoms with E-state index in [4.69, 9.17) is 5.73 Å². The average Bonchev–Trinajstić information content (AvgIpc) is 2.27. The van der Waals surface area contributed by atoms with Crippen LogP contribution < -0.4 is 10.5 Å². The molecular formula is C12H15ClF3NO3. The van der Waals surface area contributed by atoms with Gasteiger partial charge in [-0.05, 0) is 24.1 Å². The van der Waals surface area contributed by atoms with E-state index < -0.39 is 24.6 Å². The molecule has 114 valence electrons. The highest BCUT2D eigenvalue weighted by Crippen LogP contribution is 2.31. The van der Waals surface area contributed by atoms with Gasteiger partial charge >= 0.3 is 12.1 Å². The minimum Gasteiger partial charge on any atom is -0.504 e. The maximum Gasteiger partial charge on any atom is 0.389 e. The number of nitrogens with two attached hydrogens (primary N) is 1.